The Kier molecular flexibility index (Phi) is 6.86. The van der Waals surface area contributed by atoms with Gasteiger partial charge in [0.1, 0.15) is 4.90 Å². The smallest absolute Gasteiger partial charge is 0.181 e. The second-order valence-corrected chi connectivity index (χ2v) is 11.6. The fourth-order valence-electron chi connectivity index (χ4n) is 5.47. The van der Waals surface area contributed by atoms with E-state index in [-0.39, 0.29) is 5.75 Å². The molecule has 1 aliphatic heterocycles. The van der Waals surface area contributed by atoms with Crippen molar-refractivity contribution in [2.45, 2.75) is 42.5 Å². The fraction of sp³-hybridized carbons (Fsp3) is 0.444. The van der Waals surface area contributed by atoms with Crippen LogP contribution < -0.4 is 0 Å². The van der Waals surface area contributed by atoms with Crippen LogP contribution in [0.3, 0.4) is 0 Å². The van der Waals surface area contributed by atoms with Crippen molar-refractivity contribution in [2.75, 3.05) is 32.1 Å². The first-order valence-electron chi connectivity index (χ1n) is 12.2. The molecule has 6 nitrogen and oxygen atoms in total. The highest BCUT2D eigenvalue weighted by molar-refractivity contribution is 7.91. The first kappa shape index (κ1) is 23.3. The summed E-state index contributed by atoms with van der Waals surface area (Å²) in [6.07, 6.45) is 6.73. The van der Waals surface area contributed by atoms with Crippen LogP contribution in [0.15, 0.2) is 65.8 Å². The Bertz CT molecular complexity index is 1220. The Morgan fingerprint density at radius 2 is 1.85 bits per heavy atom. The van der Waals surface area contributed by atoms with Crippen molar-refractivity contribution in [1.82, 2.24) is 14.7 Å². The summed E-state index contributed by atoms with van der Waals surface area (Å²) < 4.78 is 32.8. The van der Waals surface area contributed by atoms with Crippen LogP contribution in [-0.2, 0) is 40.9 Å². The second-order valence-electron chi connectivity index (χ2n) is 9.50. The molecule has 34 heavy (non-hydrogen) atoms. The van der Waals surface area contributed by atoms with E-state index in [1.807, 2.05) is 0 Å². The lowest BCUT2D eigenvalue weighted by atomic mass is 9.75. The third-order valence-corrected chi connectivity index (χ3v) is 8.97. The van der Waals surface area contributed by atoms with E-state index in [1.165, 1.54) is 27.6 Å². The van der Waals surface area contributed by atoms with Gasteiger partial charge >= 0.3 is 0 Å². The van der Waals surface area contributed by atoms with Gasteiger partial charge in [-0.15, -0.1) is 0 Å². The molecular formula is C27H33N3O3S. The van der Waals surface area contributed by atoms with Crippen molar-refractivity contribution in [2.24, 2.45) is 7.05 Å². The van der Waals surface area contributed by atoms with Crippen molar-refractivity contribution in [3.05, 3.63) is 83.2 Å². The molecule has 1 saturated heterocycles. The number of aromatic nitrogens is 2. The van der Waals surface area contributed by atoms with E-state index in [2.05, 4.69) is 58.5 Å². The summed E-state index contributed by atoms with van der Waals surface area (Å²) in [4.78, 5) is 2.90. The third-order valence-electron chi connectivity index (χ3n) is 7.30. The third kappa shape index (κ3) is 5.11. The predicted octanol–water partition coefficient (Wildman–Crippen LogP) is 3.41. The van der Waals surface area contributed by atoms with Gasteiger partial charge in [-0.25, -0.2) is 8.42 Å². The number of hydrogen-bond acceptors (Lipinski definition) is 5. The molecule has 0 N–H and O–H groups in total. The summed E-state index contributed by atoms with van der Waals surface area (Å²) in [6, 6.07) is 17.8. The largest absolute Gasteiger partial charge is 0.379 e. The van der Waals surface area contributed by atoms with Crippen LogP contribution >= 0.6 is 0 Å². The maximum atomic E-state index is 12.8. The maximum Gasteiger partial charge on any atom is 0.181 e. The molecule has 0 radical (unpaired) electrons. The molecular weight excluding hydrogens is 446 g/mol. The minimum absolute atomic E-state index is 0.0910. The Morgan fingerprint density at radius 3 is 2.59 bits per heavy atom. The summed E-state index contributed by atoms with van der Waals surface area (Å²) in [5, 5.41) is 4.02. The summed E-state index contributed by atoms with van der Waals surface area (Å²) in [7, 11) is -1.62. The van der Waals surface area contributed by atoms with E-state index in [1.54, 1.807) is 13.2 Å². The first-order valence-corrected chi connectivity index (χ1v) is 13.8. The van der Waals surface area contributed by atoms with E-state index in [4.69, 9.17) is 4.74 Å². The van der Waals surface area contributed by atoms with Crippen LogP contribution in [0.25, 0.3) is 0 Å². The predicted molar refractivity (Wildman–Crippen MR) is 133 cm³/mol. The van der Waals surface area contributed by atoms with Gasteiger partial charge in [-0.2, -0.15) is 5.10 Å². The van der Waals surface area contributed by atoms with Gasteiger partial charge in [0.25, 0.3) is 0 Å². The quantitative estimate of drug-likeness (QED) is 0.520. The number of sulfone groups is 1. The Balaban J connectivity index is 1.41. The van der Waals surface area contributed by atoms with Gasteiger partial charge in [0.05, 0.1) is 25.2 Å². The number of benzene rings is 2. The second kappa shape index (κ2) is 10.0. The number of fused-ring (bicyclic) bond motifs is 1. The monoisotopic (exact) mass is 479 g/mol. The molecule has 1 aromatic heterocycles. The molecule has 5 rings (SSSR count). The van der Waals surface area contributed by atoms with Crippen molar-refractivity contribution in [3.63, 3.8) is 0 Å². The minimum atomic E-state index is -3.35. The molecule has 2 unspecified atom stereocenters. The molecule has 2 aromatic carbocycles. The molecule has 2 aliphatic rings. The Hall–Kier alpha value is -2.48. The molecule has 0 saturated carbocycles. The zero-order valence-corrected chi connectivity index (χ0v) is 20.6. The molecule has 1 fully saturated rings. The summed E-state index contributed by atoms with van der Waals surface area (Å²) in [5.74, 6) is 0.479. The van der Waals surface area contributed by atoms with Crippen LogP contribution in [-0.4, -0.2) is 61.2 Å². The number of nitrogens with zero attached hydrogens (tertiary/aromatic N) is 3. The topological polar surface area (TPSA) is 64.4 Å². The van der Waals surface area contributed by atoms with Gasteiger partial charge in [0.2, 0.25) is 0 Å². The minimum Gasteiger partial charge on any atom is -0.379 e. The lowest BCUT2D eigenvalue weighted by Crippen LogP contribution is -2.48. The average molecular weight is 480 g/mol. The number of ether oxygens (including phenoxy) is 1. The van der Waals surface area contributed by atoms with Crippen LogP contribution in [0, 0.1) is 0 Å². The molecule has 1 aliphatic carbocycles. The fourth-order valence-corrected chi connectivity index (χ4v) is 6.74. The van der Waals surface area contributed by atoms with Crippen LogP contribution in [0.1, 0.15) is 34.6 Å². The van der Waals surface area contributed by atoms with Crippen molar-refractivity contribution in [3.8, 4) is 0 Å². The van der Waals surface area contributed by atoms with Crippen LogP contribution in [0.4, 0.5) is 0 Å². The maximum absolute atomic E-state index is 12.8. The summed E-state index contributed by atoms with van der Waals surface area (Å²) in [5.41, 5.74) is 5.24. The molecule has 7 heteroatoms. The number of aryl methyl sites for hydroxylation is 3. The highest BCUT2D eigenvalue weighted by Gasteiger charge is 2.34. The van der Waals surface area contributed by atoms with Crippen molar-refractivity contribution < 1.29 is 13.2 Å². The number of rotatable bonds is 7. The highest BCUT2D eigenvalue weighted by atomic mass is 32.2. The molecule has 0 bridgehead atoms. The van der Waals surface area contributed by atoms with Gasteiger partial charge in [-0.3, -0.25) is 9.58 Å². The van der Waals surface area contributed by atoms with E-state index in [9.17, 15) is 8.42 Å². The van der Waals surface area contributed by atoms with Gasteiger partial charge in [-0.05, 0) is 47.9 Å². The molecule has 3 aromatic rings. The van der Waals surface area contributed by atoms with Crippen LogP contribution in [0.2, 0.25) is 0 Å². The normalized spacial score (nSPS) is 21.3. The lowest BCUT2D eigenvalue weighted by molar-refractivity contribution is 0.00683. The Labute approximate surface area is 202 Å². The summed E-state index contributed by atoms with van der Waals surface area (Å²) >= 11 is 0. The molecule has 0 amide bonds. The van der Waals surface area contributed by atoms with E-state index in [0.717, 1.165) is 51.1 Å². The molecule has 180 valence electrons. The first-order chi connectivity index (χ1) is 16.5. The zero-order valence-electron chi connectivity index (χ0n) is 19.8. The molecule has 2 heterocycles. The number of hydrogen-bond donors (Lipinski definition) is 0. The van der Waals surface area contributed by atoms with Crippen LogP contribution in [0.5, 0.6) is 0 Å². The van der Waals surface area contributed by atoms with E-state index < -0.39 is 9.84 Å². The van der Waals surface area contributed by atoms with E-state index in [0.29, 0.717) is 23.3 Å². The van der Waals surface area contributed by atoms with Gasteiger partial charge in [-0.1, -0.05) is 48.5 Å². The highest BCUT2D eigenvalue weighted by Crippen LogP contribution is 2.38. The molecule has 2 atom stereocenters. The van der Waals surface area contributed by atoms with Gasteiger partial charge in [0.15, 0.2) is 9.84 Å². The molecule has 0 spiro atoms. The van der Waals surface area contributed by atoms with E-state index >= 15 is 0 Å². The standard InChI is InChI=1S/C27H33N3O3S/c1-29-20-24(19-28-29)34(31,32)16-11-22-7-8-23-9-10-27(30-12-14-33-15-13-30)26(25(23)17-22)18-21-5-3-2-4-6-21/h2-8,17,19-20,26-27H,9-16,18H2,1H3. The zero-order chi connectivity index (χ0) is 23.5. The van der Waals surface area contributed by atoms with Crippen molar-refractivity contribution in [1.29, 1.82) is 0 Å². The van der Waals surface area contributed by atoms with Gasteiger partial charge in [0, 0.05) is 38.3 Å². The SMILES string of the molecule is Cn1cc(S(=O)(=O)CCc2ccc3c(c2)C(Cc2ccccc2)C(N2CCOCC2)CC3)cn1. The summed E-state index contributed by atoms with van der Waals surface area (Å²) in [6.45, 7) is 3.56. The van der Waals surface area contributed by atoms with Crippen molar-refractivity contribution >= 4 is 9.84 Å². The van der Waals surface area contributed by atoms with Gasteiger partial charge < -0.3 is 4.74 Å². The average Bonchev–Trinajstić information content (AvgIpc) is 3.31. The Morgan fingerprint density at radius 1 is 1.06 bits per heavy atom. The number of morpholine rings is 1. The lowest BCUT2D eigenvalue weighted by Gasteiger charge is -2.43.